The number of hydrogen-bond donors (Lipinski definition) is 3. The third-order valence-corrected chi connectivity index (χ3v) is 3.34. The van der Waals surface area contributed by atoms with Gasteiger partial charge in [-0.2, -0.15) is 0 Å². The molecule has 0 saturated carbocycles. The molecule has 4 N–H and O–H groups in total. The Balaban J connectivity index is 2.29. The van der Waals surface area contributed by atoms with E-state index in [9.17, 15) is 0 Å². The summed E-state index contributed by atoms with van der Waals surface area (Å²) < 4.78 is 0.538. The highest BCUT2D eigenvalue weighted by molar-refractivity contribution is 9.10. The van der Waals surface area contributed by atoms with E-state index in [4.69, 9.17) is 17.3 Å². The molecular weight excluding hydrogens is 307 g/mol. The summed E-state index contributed by atoms with van der Waals surface area (Å²) in [5.41, 5.74) is 7.67. The fraction of sp³-hybridized carbons (Fsp3) is 0. The van der Waals surface area contributed by atoms with E-state index in [0.29, 0.717) is 32.7 Å². The van der Waals surface area contributed by atoms with Gasteiger partial charge in [-0.15, -0.1) is 0 Å². The highest BCUT2D eigenvalue weighted by Crippen LogP contribution is 2.27. The predicted octanol–water partition coefficient (Wildman–Crippen LogP) is 2.35. The number of pyridine rings is 1. The smallest absolute Gasteiger partial charge is 0.198 e. The predicted molar refractivity (Wildman–Crippen MR) is 68.6 cm³/mol. The summed E-state index contributed by atoms with van der Waals surface area (Å²) in [7, 11) is 0. The lowest BCUT2D eigenvalue weighted by atomic mass is 10.3. The molecule has 0 aliphatic rings. The van der Waals surface area contributed by atoms with E-state index < -0.39 is 0 Å². The second-order valence-electron chi connectivity index (χ2n) is 3.37. The maximum absolute atomic E-state index is 5.89. The van der Waals surface area contributed by atoms with Crippen LogP contribution in [0, 0.1) is 0 Å². The van der Waals surface area contributed by atoms with Gasteiger partial charge in [0, 0.05) is 6.20 Å². The normalized spacial score (nSPS) is 11.2. The number of halogens is 2. The lowest BCUT2D eigenvalue weighted by Gasteiger charge is -1.95. The number of hydrogen-bond acceptors (Lipinski definition) is 4. The van der Waals surface area contributed by atoms with Crippen LogP contribution in [0.5, 0.6) is 0 Å². The molecule has 17 heavy (non-hydrogen) atoms. The van der Waals surface area contributed by atoms with E-state index in [2.05, 4.69) is 40.8 Å². The zero-order chi connectivity index (χ0) is 12.0. The van der Waals surface area contributed by atoms with Crippen molar-refractivity contribution in [2.75, 3.05) is 5.73 Å². The fourth-order valence-corrected chi connectivity index (χ4v) is 1.98. The highest BCUT2D eigenvalue weighted by Gasteiger charge is 2.14. The molecule has 0 unspecified atom stereocenters. The Kier molecular flexibility index (Phi) is 2.30. The SMILES string of the molecule is Nc1nc2c(-c3nc(Br)c(Cl)[nH]3)nccc2[nH]1. The maximum Gasteiger partial charge on any atom is 0.198 e. The topological polar surface area (TPSA) is 96.3 Å². The number of fused-ring (bicyclic) bond motifs is 1. The van der Waals surface area contributed by atoms with Crippen molar-refractivity contribution in [2.24, 2.45) is 0 Å². The molecule has 0 radical (unpaired) electrons. The van der Waals surface area contributed by atoms with Crippen LogP contribution >= 0.6 is 27.5 Å². The van der Waals surface area contributed by atoms with Gasteiger partial charge in [0.25, 0.3) is 0 Å². The molecule has 0 bridgehead atoms. The number of nitrogens with two attached hydrogens (primary N) is 1. The summed E-state index contributed by atoms with van der Waals surface area (Å²) in [5.74, 6) is 0.880. The van der Waals surface area contributed by atoms with Crippen molar-refractivity contribution in [1.82, 2.24) is 24.9 Å². The molecule has 0 saturated heterocycles. The number of nitrogens with one attached hydrogen (secondary N) is 2. The van der Waals surface area contributed by atoms with Crippen LogP contribution in [-0.2, 0) is 0 Å². The molecule has 0 fully saturated rings. The first-order chi connectivity index (χ1) is 8.15. The maximum atomic E-state index is 5.89. The van der Waals surface area contributed by atoms with Crippen molar-refractivity contribution in [1.29, 1.82) is 0 Å². The Morgan fingerprint density at radius 1 is 1.29 bits per heavy atom. The van der Waals surface area contributed by atoms with E-state index in [1.807, 2.05) is 0 Å². The molecule has 3 aromatic heterocycles. The molecule has 0 aromatic carbocycles. The highest BCUT2D eigenvalue weighted by atomic mass is 79.9. The molecule has 0 aliphatic carbocycles. The number of nitrogens with zero attached hydrogens (tertiary/aromatic N) is 3. The van der Waals surface area contributed by atoms with Gasteiger partial charge in [-0.25, -0.2) is 9.97 Å². The van der Waals surface area contributed by atoms with Gasteiger partial charge in [-0.1, -0.05) is 11.6 Å². The monoisotopic (exact) mass is 312 g/mol. The number of anilines is 1. The van der Waals surface area contributed by atoms with E-state index >= 15 is 0 Å². The van der Waals surface area contributed by atoms with Crippen molar-refractivity contribution >= 4 is 44.5 Å². The van der Waals surface area contributed by atoms with Crippen LogP contribution in [0.2, 0.25) is 5.15 Å². The Morgan fingerprint density at radius 2 is 2.12 bits per heavy atom. The Hall–Kier alpha value is -1.60. The summed E-state index contributed by atoms with van der Waals surface area (Å²) in [6, 6.07) is 1.79. The minimum Gasteiger partial charge on any atom is -0.369 e. The third kappa shape index (κ3) is 1.67. The van der Waals surface area contributed by atoms with Crippen LogP contribution < -0.4 is 5.73 Å². The Labute approximate surface area is 109 Å². The molecule has 86 valence electrons. The largest absolute Gasteiger partial charge is 0.369 e. The molecule has 3 rings (SSSR count). The fourth-order valence-electron chi connectivity index (χ4n) is 1.57. The Morgan fingerprint density at radius 3 is 2.82 bits per heavy atom. The molecular formula is C9H6BrClN6. The molecule has 8 heteroatoms. The van der Waals surface area contributed by atoms with Gasteiger partial charge in [0.15, 0.2) is 11.8 Å². The quantitative estimate of drug-likeness (QED) is 0.642. The summed E-state index contributed by atoms with van der Waals surface area (Å²) in [6.45, 7) is 0. The third-order valence-electron chi connectivity index (χ3n) is 2.26. The van der Waals surface area contributed by atoms with E-state index in [-0.39, 0.29) is 0 Å². The zero-order valence-electron chi connectivity index (χ0n) is 8.33. The zero-order valence-corrected chi connectivity index (χ0v) is 10.7. The van der Waals surface area contributed by atoms with Crippen molar-refractivity contribution < 1.29 is 0 Å². The first-order valence-corrected chi connectivity index (χ1v) is 5.84. The number of rotatable bonds is 1. The first kappa shape index (κ1) is 10.5. The average Bonchev–Trinajstić information content (AvgIpc) is 2.81. The number of H-pyrrole nitrogens is 2. The summed E-state index contributed by atoms with van der Waals surface area (Å²) in [5, 5.41) is 0.419. The number of nitrogen functional groups attached to an aromatic ring is 1. The van der Waals surface area contributed by atoms with Gasteiger partial charge >= 0.3 is 0 Å². The summed E-state index contributed by atoms with van der Waals surface area (Å²) in [4.78, 5) is 18.5. The van der Waals surface area contributed by atoms with Gasteiger partial charge < -0.3 is 15.7 Å². The second-order valence-corrected chi connectivity index (χ2v) is 4.50. The van der Waals surface area contributed by atoms with E-state index in [1.165, 1.54) is 0 Å². The van der Waals surface area contributed by atoms with Gasteiger partial charge in [0.1, 0.15) is 21.0 Å². The van der Waals surface area contributed by atoms with Crippen molar-refractivity contribution in [3.63, 3.8) is 0 Å². The standard InChI is InChI=1S/C9H6BrClN6/c10-6-7(11)17-8(16-6)5-4-3(1-2-13-5)14-9(12)15-4/h1-2H,(H,16,17)(H3,12,14,15). The minimum absolute atomic E-state index is 0.339. The van der Waals surface area contributed by atoms with Crippen LogP contribution in [0.1, 0.15) is 0 Å². The molecule has 0 amide bonds. The van der Waals surface area contributed by atoms with Crippen LogP contribution in [0.3, 0.4) is 0 Å². The van der Waals surface area contributed by atoms with E-state index in [0.717, 1.165) is 5.52 Å². The van der Waals surface area contributed by atoms with Crippen LogP contribution in [0.25, 0.3) is 22.6 Å². The second kappa shape index (κ2) is 3.71. The van der Waals surface area contributed by atoms with Crippen LogP contribution in [0.4, 0.5) is 5.95 Å². The molecule has 3 heterocycles. The van der Waals surface area contributed by atoms with Crippen LogP contribution in [-0.4, -0.2) is 24.9 Å². The van der Waals surface area contributed by atoms with Crippen molar-refractivity contribution in [3.05, 3.63) is 22.0 Å². The van der Waals surface area contributed by atoms with Gasteiger partial charge in [-0.3, -0.25) is 4.98 Å². The molecule has 3 aromatic rings. The van der Waals surface area contributed by atoms with Crippen LogP contribution in [0.15, 0.2) is 16.9 Å². The first-order valence-electron chi connectivity index (χ1n) is 4.66. The van der Waals surface area contributed by atoms with Crippen molar-refractivity contribution in [2.45, 2.75) is 0 Å². The minimum atomic E-state index is 0.339. The van der Waals surface area contributed by atoms with Gasteiger partial charge in [0.2, 0.25) is 0 Å². The molecule has 6 nitrogen and oxygen atoms in total. The molecule has 0 atom stereocenters. The van der Waals surface area contributed by atoms with Crippen molar-refractivity contribution in [3.8, 4) is 11.5 Å². The lowest BCUT2D eigenvalue weighted by molar-refractivity contribution is 1.23. The number of aromatic amines is 2. The van der Waals surface area contributed by atoms with Gasteiger partial charge in [0.05, 0.1) is 5.52 Å². The summed E-state index contributed by atoms with van der Waals surface area (Å²) in [6.07, 6.45) is 1.65. The van der Waals surface area contributed by atoms with Gasteiger partial charge in [-0.05, 0) is 22.0 Å². The van der Waals surface area contributed by atoms with E-state index in [1.54, 1.807) is 12.3 Å². The number of imidazole rings is 2. The molecule has 0 spiro atoms. The number of aromatic nitrogens is 5. The summed E-state index contributed by atoms with van der Waals surface area (Å²) >= 11 is 9.12. The Bertz CT molecular complexity index is 683. The lowest BCUT2D eigenvalue weighted by Crippen LogP contribution is -1.88. The average molecular weight is 314 g/mol. The molecule has 0 aliphatic heterocycles.